The predicted molar refractivity (Wildman–Crippen MR) is 78.5 cm³/mol. The zero-order valence-electron chi connectivity index (χ0n) is 11.5. The molecule has 2 aromatic carbocycles. The molecule has 0 amide bonds. The molecule has 1 saturated carbocycles. The Kier molecular flexibility index (Phi) is 3.55. The molecule has 3 rings (SSSR count). The Morgan fingerprint density at radius 1 is 0.900 bits per heavy atom. The van der Waals surface area contributed by atoms with E-state index < -0.39 is 0 Å². The molecule has 3 atom stereocenters. The summed E-state index contributed by atoms with van der Waals surface area (Å²) in [5.41, 5.74) is 2.44. The first-order valence-electron chi connectivity index (χ1n) is 7.09. The molecule has 1 unspecified atom stereocenters. The molecular weight excluding hydrogens is 248 g/mol. The molecule has 2 nitrogen and oxygen atoms in total. The van der Waals surface area contributed by atoms with E-state index in [9.17, 15) is 4.79 Å². The number of rotatable bonds is 4. The Bertz CT molecular complexity index is 531. The van der Waals surface area contributed by atoms with Crippen LogP contribution in [0.15, 0.2) is 60.7 Å². The Balaban J connectivity index is 1.89. The second kappa shape index (κ2) is 5.49. The maximum Gasteiger partial charge on any atom is 0.310 e. The van der Waals surface area contributed by atoms with Crippen LogP contribution in [-0.2, 0) is 9.53 Å². The predicted octanol–water partition coefficient (Wildman–Crippen LogP) is 3.75. The minimum absolute atomic E-state index is 0.0419. The molecule has 0 N–H and O–H groups in total. The maximum absolute atomic E-state index is 12.2. The van der Waals surface area contributed by atoms with Crippen LogP contribution in [0.1, 0.15) is 29.9 Å². The van der Waals surface area contributed by atoms with E-state index >= 15 is 0 Å². The molecule has 2 aromatic rings. The van der Waals surface area contributed by atoms with Crippen LogP contribution in [0.3, 0.4) is 0 Å². The molecule has 0 bridgehead atoms. The molecule has 0 aliphatic heterocycles. The van der Waals surface area contributed by atoms with E-state index in [1.54, 1.807) is 0 Å². The van der Waals surface area contributed by atoms with Gasteiger partial charge in [0.2, 0.25) is 0 Å². The first kappa shape index (κ1) is 12.9. The highest BCUT2D eigenvalue weighted by molar-refractivity contribution is 5.80. The van der Waals surface area contributed by atoms with Crippen LogP contribution in [0.2, 0.25) is 0 Å². The summed E-state index contributed by atoms with van der Waals surface area (Å²) in [6.45, 7) is 2.30. The molecule has 20 heavy (non-hydrogen) atoms. The van der Waals surface area contributed by atoms with Gasteiger partial charge in [-0.05, 0) is 18.1 Å². The van der Waals surface area contributed by atoms with Gasteiger partial charge in [-0.3, -0.25) is 4.79 Å². The van der Waals surface area contributed by atoms with Gasteiger partial charge in [-0.1, -0.05) is 60.7 Å². The number of hydrogen-bond acceptors (Lipinski definition) is 2. The van der Waals surface area contributed by atoms with E-state index in [1.807, 2.05) is 43.3 Å². The average molecular weight is 266 g/mol. The van der Waals surface area contributed by atoms with Crippen molar-refractivity contribution in [3.05, 3.63) is 71.8 Å². The third-order valence-corrected chi connectivity index (χ3v) is 3.95. The first-order chi connectivity index (χ1) is 9.83. The van der Waals surface area contributed by atoms with Crippen LogP contribution in [0.25, 0.3) is 0 Å². The van der Waals surface area contributed by atoms with Gasteiger partial charge in [-0.2, -0.15) is 0 Å². The molecule has 102 valence electrons. The fraction of sp³-hybridized carbons (Fsp3) is 0.278. The highest BCUT2D eigenvalue weighted by atomic mass is 16.5. The quantitative estimate of drug-likeness (QED) is 0.788. The van der Waals surface area contributed by atoms with Crippen LogP contribution in [0.5, 0.6) is 0 Å². The summed E-state index contributed by atoms with van der Waals surface area (Å²) in [5.74, 6) is 0.380. The summed E-state index contributed by atoms with van der Waals surface area (Å²) in [5, 5.41) is 0. The maximum atomic E-state index is 12.2. The van der Waals surface area contributed by atoms with Gasteiger partial charge in [0, 0.05) is 11.8 Å². The van der Waals surface area contributed by atoms with E-state index in [0.29, 0.717) is 6.61 Å². The van der Waals surface area contributed by atoms with Crippen molar-refractivity contribution in [3.63, 3.8) is 0 Å². The molecular formula is C18H18O2. The molecule has 0 radical (unpaired) electrons. The van der Waals surface area contributed by atoms with Crippen LogP contribution in [0, 0.1) is 5.92 Å². The van der Waals surface area contributed by atoms with Gasteiger partial charge in [-0.15, -0.1) is 0 Å². The zero-order chi connectivity index (χ0) is 13.9. The Morgan fingerprint density at radius 2 is 1.35 bits per heavy atom. The van der Waals surface area contributed by atoms with E-state index in [0.717, 1.165) is 0 Å². The third-order valence-electron chi connectivity index (χ3n) is 3.95. The van der Waals surface area contributed by atoms with E-state index in [-0.39, 0.29) is 23.7 Å². The molecule has 2 heteroatoms. The van der Waals surface area contributed by atoms with Crippen molar-refractivity contribution in [1.82, 2.24) is 0 Å². The number of hydrogen-bond donors (Lipinski definition) is 0. The van der Waals surface area contributed by atoms with Crippen molar-refractivity contribution in [3.8, 4) is 0 Å². The van der Waals surface area contributed by atoms with Gasteiger partial charge >= 0.3 is 5.97 Å². The molecule has 1 fully saturated rings. The Hall–Kier alpha value is -2.09. The van der Waals surface area contributed by atoms with Crippen molar-refractivity contribution in [1.29, 1.82) is 0 Å². The molecule has 0 heterocycles. The number of carbonyl (C=O) groups excluding carboxylic acids is 1. The smallest absolute Gasteiger partial charge is 0.310 e. The second-order valence-electron chi connectivity index (χ2n) is 5.15. The topological polar surface area (TPSA) is 26.3 Å². The number of esters is 1. The van der Waals surface area contributed by atoms with Crippen LogP contribution in [0.4, 0.5) is 0 Å². The van der Waals surface area contributed by atoms with Gasteiger partial charge < -0.3 is 4.74 Å². The third kappa shape index (κ3) is 2.34. The van der Waals surface area contributed by atoms with E-state index in [2.05, 4.69) is 24.3 Å². The van der Waals surface area contributed by atoms with Crippen LogP contribution in [-0.4, -0.2) is 12.6 Å². The molecule has 1 aliphatic carbocycles. The Morgan fingerprint density at radius 3 is 1.75 bits per heavy atom. The van der Waals surface area contributed by atoms with Crippen LogP contribution < -0.4 is 0 Å². The minimum Gasteiger partial charge on any atom is -0.466 e. The lowest BCUT2D eigenvalue weighted by atomic mass is 10.0. The summed E-state index contributed by atoms with van der Waals surface area (Å²) < 4.78 is 5.23. The van der Waals surface area contributed by atoms with Gasteiger partial charge in [0.05, 0.1) is 12.5 Å². The van der Waals surface area contributed by atoms with Crippen molar-refractivity contribution < 1.29 is 9.53 Å². The minimum atomic E-state index is -0.0739. The lowest BCUT2D eigenvalue weighted by Gasteiger charge is -2.00. The number of carbonyl (C=O) groups is 1. The largest absolute Gasteiger partial charge is 0.466 e. The Labute approximate surface area is 119 Å². The zero-order valence-corrected chi connectivity index (χ0v) is 11.5. The van der Waals surface area contributed by atoms with Gasteiger partial charge in [-0.25, -0.2) is 0 Å². The summed E-state index contributed by atoms with van der Waals surface area (Å²) >= 11 is 0. The fourth-order valence-corrected chi connectivity index (χ4v) is 3.02. The van der Waals surface area contributed by atoms with Crippen molar-refractivity contribution >= 4 is 5.97 Å². The molecule has 0 saturated heterocycles. The van der Waals surface area contributed by atoms with E-state index in [4.69, 9.17) is 4.74 Å². The number of ether oxygens (including phenoxy) is 1. The SMILES string of the molecule is CCOC(=O)C1[C@@H](c2ccccc2)[C@H]1c1ccccc1. The lowest BCUT2D eigenvalue weighted by Crippen LogP contribution is -2.08. The van der Waals surface area contributed by atoms with Gasteiger partial charge in [0.1, 0.15) is 0 Å². The van der Waals surface area contributed by atoms with Gasteiger partial charge in [0.25, 0.3) is 0 Å². The van der Waals surface area contributed by atoms with Gasteiger partial charge in [0.15, 0.2) is 0 Å². The fourth-order valence-electron chi connectivity index (χ4n) is 3.02. The van der Waals surface area contributed by atoms with Crippen molar-refractivity contribution in [2.75, 3.05) is 6.61 Å². The average Bonchev–Trinajstić information content (AvgIpc) is 3.25. The van der Waals surface area contributed by atoms with Crippen molar-refractivity contribution in [2.45, 2.75) is 18.8 Å². The molecule has 0 spiro atoms. The summed E-state index contributed by atoms with van der Waals surface area (Å²) in [6, 6.07) is 20.5. The standard InChI is InChI=1S/C18H18O2/c1-2-20-18(19)17-15(13-9-5-3-6-10-13)16(17)14-11-7-4-8-12-14/h3-12,15-17H,2H2,1H3/t15-,16+,17?. The normalized spacial score (nSPS) is 24.1. The van der Waals surface area contributed by atoms with Crippen LogP contribution >= 0.6 is 0 Å². The summed E-state index contributed by atoms with van der Waals surface area (Å²) in [4.78, 5) is 12.2. The first-order valence-corrected chi connectivity index (χ1v) is 7.09. The molecule has 0 aromatic heterocycles. The monoisotopic (exact) mass is 266 g/mol. The second-order valence-corrected chi connectivity index (χ2v) is 5.15. The summed E-state index contributed by atoms with van der Waals surface area (Å²) in [6.07, 6.45) is 0. The lowest BCUT2D eigenvalue weighted by molar-refractivity contribution is -0.144. The highest BCUT2D eigenvalue weighted by Gasteiger charge is 2.56. The number of benzene rings is 2. The highest BCUT2D eigenvalue weighted by Crippen LogP contribution is 2.60. The molecule has 1 aliphatic rings. The van der Waals surface area contributed by atoms with Crippen molar-refractivity contribution in [2.24, 2.45) is 5.92 Å². The summed E-state index contributed by atoms with van der Waals surface area (Å²) in [7, 11) is 0. The van der Waals surface area contributed by atoms with E-state index in [1.165, 1.54) is 11.1 Å².